The Balaban J connectivity index is 3.99. The Morgan fingerprint density at radius 3 is 2.32 bits per heavy atom. The van der Waals surface area contributed by atoms with Gasteiger partial charge in [-0.1, -0.05) is 39.5 Å². The van der Waals surface area contributed by atoms with Crippen LogP contribution in [-0.4, -0.2) is 31.3 Å². The number of amides is 1. The Hall–Kier alpha value is -1.26. The summed E-state index contributed by atoms with van der Waals surface area (Å²) in [6.07, 6.45) is 5.03. The number of hydrogen-bond donors (Lipinski definition) is 1. The number of alkyl carbamates (subject to hydrolysis) is 1. The third-order valence-electron chi connectivity index (χ3n) is 2.67. The van der Waals surface area contributed by atoms with Gasteiger partial charge in [0.25, 0.3) is 0 Å². The highest BCUT2D eigenvalue weighted by Crippen LogP contribution is 2.03. The Morgan fingerprint density at radius 1 is 1.00 bits per heavy atom. The first-order valence-electron chi connectivity index (χ1n) is 7.25. The van der Waals surface area contributed by atoms with Crippen molar-refractivity contribution in [1.82, 2.24) is 5.32 Å². The van der Waals surface area contributed by atoms with Crippen LogP contribution in [0, 0.1) is 0 Å². The first-order chi connectivity index (χ1) is 9.15. The van der Waals surface area contributed by atoms with Crippen molar-refractivity contribution in [2.24, 2.45) is 0 Å². The van der Waals surface area contributed by atoms with E-state index in [1.54, 1.807) is 6.92 Å². The van der Waals surface area contributed by atoms with Crippen molar-refractivity contribution in [3.8, 4) is 0 Å². The van der Waals surface area contributed by atoms with Crippen LogP contribution in [0.5, 0.6) is 0 Å². The van der Waals surface area contributed by atoms with Gasteiger partial charge in [-0.05, 0) is 19.8 Å². The molecule has 0 heterocycles. The van der Waals surface area contributed by atoms with Gasteiger partial charge in [0, 0.05) is 0 Å². The maximum absolute atomic E-state index is 11.8. The van der Waals surface area contributed by atoms with Gasteiger partial charge in [-0.3, -0.25) is 0 Å². The van der Waals surface area contributed by atoms with Gasteiger partial charge < -0.3 is 14.8 Å². The molecule has 0 saturated carbocycles. The van der Waals surface area contributed by atoms with Crippen molar-refractivity contribution >= 4 is 12.1 Å². The Labute approximate surface area is 116 Å². The van der Waals surface area contributed by atoms with Crippen molar-refractivity contribution in [2.75, 3.05) is 13.2 Å². The molecule has 0 radical (unpaired) electrons. The van der Waals surface area contributed by atoms with Gasteiger partial charge in [0.2, 0.25) is 0 Å². The van der Waals surface area contributed by atoms with E-state index >= 15 is 0 Å². The van der Waals surface area contributed by atoms with Crippen molar-refractivity contribution in [3.63, 3.8) is 0 Å². The molecule has 1 amide bonds. The molecule has 0 saturated heterocycles. The molecule has 5 nitrogen and oxygen atoms in total. The van der Waals surface area contributed by atoms with Gasteiger partial charge in [0.15, 0.2) is 0 Å². The second kappa shape index (κ2) is 11.8. The van der Waals surface area contributed by atoms with E-state index in [1.807, 2.05) is 6.92 Å². The second-order valence-corrected chi connectivity index (χ2v) is 4.43. The maximum Gasteiger partial charge on any atom is 0.407 e. The monoisotopic (exact) mass is 273 g/mol. The van der Waals surface area contributed by atoms with Gasteiger partial charge in [-0.15, -0.1) is 0 Å². The fraction of sp³-hybridized carbons (Fsp3) is 0.857. The number of hydrogen-bond acceptors (Lipinski definition) is 4. The zero-order chi connectivity index (χ0) is 14.5. The predicted octanol–water partition coefficient (Wildman–Crippen LogP) is 3.02. The molecule has 0 aliphatic carbocycles. The Morgan fingerprint density at radius 2 is 1.74 bits per heavy atom. The minimum Gasteiger partial charge on any atom is -0.464 e. The topological polar surface area (TPSA) is 64.6 Å². The van der Waals surface area contributed by atoms with E-state index in [1.165, 1.54) is 0 Å². The molecule has 1 unspecified atom stereocenters. The van der Waals surface area contributed by atoms with E-state index in [2.05, 4.69) is 12.2 Å². The van der Waals surface area contributed by atoms with Gasteiger partial charge in [-0.25, -0.2) is 9.59 Å². The van der Waals surface area contributed by atoms with Crippen LogP contribution >= 0.6 is 0 Å². The molecular formula is C14H27NO4. The molecule has 0 bridgehead atoms. The molecule has 0 aromatic rings. The van der Waals surface area contributed by atoms with E-state index in [4.69, 9.17) is 9.47 Å². The van der Waals surface area contributed by atoms with Crippen LogP contribution in [0.15, 0.2) is 0 Å². The molecule has 0 fully saturated rings. The zero-order valence-electron chi connectivity index (χ0n) is 12.4. The molecule has 1 atom stereocenters. The lowest BCUT2D eigenvalue weighted by molar-refractivity contribution is -0.146. The number of carbonyl (C=O) groups excluding carboxylic acids is 2. The molecule has 0 rings (SSSR count). The SMILES string of the molecule is CCCCCCOC(=O)C(CCC)NC(=O)OCC. The predicted molar refractivity (Wildman–Crippen MR) is 74.0 cm³/mol. The highest BCUT2D eigenvalue weighted by molar-refractivity contribution is 5.81. The van der Waals surface area contributed by atoms with Gasteiger partial charge in [0.1, 0.15) is 6.04 Å². The van der Waals surface area contributed by atoms with E-state index in [-0.39, 0.29) is 12.6 Å². The molecule has 0 aliphatic heterocycles. The summed E-state index contributed by atoms with van der Waals surface area (Å²) in [7, 11) is 0. The molecule has 5 heteroatoms. The van der Waals surface area contributed by atoms with Crippen LogP contribution in [0.3, 0.4) is 0 Å². The second-order valence-electron chi connectivity index (χ2n) is 4.43. The lowest BCUT2D eigenvalue weighted by Crippen LogP contribution is -2.42. The molecule has 19 heavy (non-hydrogen) atoms. The van der Waals surface area contributed by atoms with Crippen LogP contribution in [0.4, 0.5) is 4.79 Å². The highest BCUT2D eigenvalue weighted by atomic mass is 16.6. The van der Waals surface area contributed by atoms with Crippen molar-refractivity contribution in [2.45, 2.75) is 65.3 Å². The molecule has 0 aromatic carbocycles. The van der Waals surface area contributed by atoms with Gasteiger partial charge >= 0.3 is 12.1 Å². The normalized spacial score (nSPS) is 11.7. The average Bonchev–Trinajstić information content (AvgIpc) is 2.38. The summed E-state index contributed by atoms with van der Waals surface area (Å²) in [6, 6.07) is -0.602. The number of esters is 1. The summed E-state index contributed by atoms with van der Waals surface area (Å²) in [5.74, 6) is -0.369. The summed E-state index contributed by atoms with van der Waals surface area (Å²) in [6.45, 7) is 6.52. The average molecular weight is 273 g/mol. The minimum absolute atomic E-state index is 0.288. The molecule has 112 valence electrons. The smallest absolute Gasteiger partial charge is 0.407 e. The summed E-state index contributed by atoms with van der Waals surface area (Å²) in [5.41, 5.74) is 0. The lowest BCUT2D eigenvalue weighted by atomic mass is 10.2. The van der Waals surface area contributed by atoms with Gasteiger partial charge in [0.05, 0.1) is 13.2 Å². The number of rotatable bonds is 10. The lowest BCUT2D eigenvalue weighted by Gasteiger charge is -2.16. The number of carbonyl (C=O) groups is 2. The van der Waals surface area contributed by atoms with Crippen LogP contribution < -0.4 is 5.32 Å². The van der Waals surface area contributed by atoms with E-state index in [9.17, 15) is 9.59 Å². The Bertz CT molecular complexity index is 256. The quantitative estimate of drug-likeness (QED) is 0.491. The van der Waals surface area contributed by atoms with Crippen molar-refractivity contribution < 1.29 is 19.1 Å². The molecule has 0 aliphatic rings. The standard InChI is InChI=1S/C14H27NO4/c1-4-7-8-9-11-19-13(16)12(10-5-2)15-14(17)18-6-3/h12H,4-11H2,1-3H3,(H,15,17). The van der Waals surface area contributed by atoms with E-state index in [0.29, 0.717) is 13.0 Å². The number of nitrogens with one attached hydrogen (secondary N) is 1. The third kappa shape index (κ3) is 9.33. The summed E-state index contributed by atoms with van der Waals surface area (Å²) in [5, 5.41) is 2.53. The fourth-order valence-corrected chi connectivity index (χ4v) is 1.65. The number of unbranched alkanes of at least 4 members (excludes halogenated alkanes) is 3. The van der Waals surface area contributed by atoms with Crippen LogP contribution in [0.25, 0.3) is 0 Å². The fourth-order valence-electron chi connectivity index (χ4n) is 1.65. The highest BCUT2D eigenvalue weighted by Gasteiger charge is 2.21. The maximum atomic E-state index is 11.8. The largest absolute Gasteiger partial charge is 0.464 e. The first kappa shape index (κ1) is 17.7. The van der Waals surface area contributed by atoms with Crippen LogP contribution in [0.1, 0.15) is 59.3 Å². The minimum atomic E-state index is -0.602. The molecule has 1 N–H and O–H groups in total. The van der Waals surface area contributed by atoms with E-state index < -0.39 is 12.1 Å². The van der Waals surface area contributed by atoms with Crippen LogP contribution in [0.2, 0.25) is 0 Å². The molecule has 0 aromatic heterocycles. The molecular weight excluding hydrogens is 246 g/mol. The zero-order valence-corrected chi connectivity index (χ0v) is 12.4. The van der Waals surface area contributed by atoms with Crippen molar-refractivity contribution in [1.29, 1.82) is 0 Å². The molecule has 0 spiro atoms. The van der Waals surface area contributed by atoms with E-state index in [0.717, 1.165) is 32.1 Å². The summed E-state index contributed by atoms with van der Waals surface area (Å²) in [4.78, 5) is 23.1. The third-order valence-corrected chi connectivity index (χ3v) is 2.67. The first-order valence-corrected chi connectivity index (χ1v) is 7.25. The van der Waals surface area contributed by atoms with Crippen LogP contribution in [-0.2, 0) is 14.3 Å². The Kier molecular flexibility index (Phi) is 11.0. The van der Waals surface area contributed by atoms with Gasteiger partial charge in [-0.2, -0.15) is 0 Å². The summed E-state index contributed by atoms with van der Waals surface area (Å²) >= 11 is 0. The van der Waals surface area contributed by atoms with Crippen molar-refractivity contribution in [3.05, 3.63) is 0 Å². The summed E-state index contributed by atoms with van der Waals surface area (Å²) < 4.78 is 9.94. The number of ether oxygens (including phenoxy) is 2.